The zero-order valence-electron chi connectivity index (χ0n) is 11.4. The zero-order chi connectivity index (χ0) is 13.9. The molecule has 1 aliphatic rings. The van der Waals surface area contributed by atoms with Crippen LogP contribution in [-0.4, -0.2) is 44.5 Å². The first-order valence-corrected chi connectivity index (χ1v) is 8.54. The van der Waals surface area contributed by atoms with E-state index in [4.69, 9.17) is 5.73 Å². The number of nitrogens with zero attached hydrogens (tertiary/aromatic N) is 1. The van der Waals surface area contributed by atoms with E-state index < -0.39 is 9.84 Å². The predicted molar refractivity (Wildman–Crippen MR) is 77.8 cm³/mol. The van der Waals surface area contributed by atoms with Gasteiger partial charge < -0.3 is 5.73 Å². The Kier molecular flexibility index (Phi) is 4.60. The molecule has 1 aromatic rings. The number of hydrogen-bond acceptors (Lipinski definition) is 4. The molecular formula is C14H22N2O2S. The molecule has 0 bridgehead atoms. The second-order valence-electron chi connectivity index (χ2n) is 5.31. The summed E-state index contributed by atoms with van der Waals surface area (Å²) in [5, 5.41) is 0. The summed E-state index contributed by atoms with van der Waals surface area (Å²) < 4.78 is 22.7. The lowest BCUT2D eigenvalue weighted by Crippen LogP contribution is -2.39. The van der Waals surface area contributed by atoms with Gasteiger partial charge in [-0.25, -0.2) is 8.42 Å². The highest BCUT2D eigenvalue weighted by Gasteiger charge is 2.21. The molecule has 106 valence electrons. The van der Waals surface area contributed by atoms with Crippen molar-refractivity contribution in [2.45, 2.75) is 19.4 Å². The summed E-state index contributed by atoms with van der Waals surface area (Å²) in [5.41, 5.74) is 8.14. The molecule has 2 N–H and O–H groups in total. The van der Waals surface area contributed by atoms with Crippen molar-refractivity contribution < 1.29 is 8.42 Å². The molecule has 5 heteroatoms. The Morgan fingerprint density at radius 3 is 2.32 bits per heavy atom. The number of benzene rings is 1. The van der Waals surface area contributed by atoms with Gasteiger partial charge in [-0.05, 0) is 23.6 Å². The van der Waals surface area contributed by atoms with E-state index >= 15 is 0 Å². The summed E-state index contributed by atoms with van der Waals surface area (Å²) >= 11 is 0. The standard InChI is InChI=1S/C14H22N2O2S/c1-12(10-15)14-4-2-13(3-5-14)11-16-6-8-19(17,18)9-7-16/h2-5,12H,6-11,15H2,1H3. The van der Waals surface area contributed by atoms with Crippen LogP contribution in [0.25, 0.3) is 0 Å². The van der Waals surface area contributed by atoms with E-state index in [1.54, 1.807) is 0 Å². The second-order valence-corrected chi connectivity index (χ2v) is 7.61. The molecule has 1 saturated heterocycles. The molecule has 1 fully saturated rings. The van der Waals surface area contributed by atoms with Gasteiger partial charge in [-0.2, -0.15) is 0 Å². The van der Waals surface area contributed by atoms with E-state index in [2.05, 4.69) is 36.1 Å². The van der Waals surface area contributed by atoms with Gasteiger partial charge in [0.15, 0.2) is 9.84 Å². The predicted octanol–water partition coefficient (Wildman–Crippen LogP) is 0.979. The van der Waals surface area contributed by atoms with E-state index in [0.29, 0.717) is 25.6 Å². The first-order chi connectivity index (χ1) is 9.00. The van der Waals surface area contributed by atoms with Crippen LogP contribution in [-0.2, 0) is 16.4 Å². The summed E-state index contributed by atoms with van der Waals surface area (Å²) in [6.45, 7) is 4.88. The number of nitrogens with two attached hydrogens (primary N) is 1. The molecule has 0 aliphatic carbocycles. The van der Waals surface area contributed by atoms with Gasteiger partial charge in [0.1, 0.15) is 0 Å². The molecule has 1 aromatic carbocycles. The Hall–Kier alpha value is -0.910. The molecule has 0 radical (unpaired) electrons. The third kappa shape index (κ3) is 4.03. The quantitative estimate of drug-likeness (QED) is 0.894. The molecule has 0 saturated carbocycles. The molecule has 2 rings (SSSR count). The summed E-state index contributed by atoms with van der Waals surface area (Å²) in [6.07, 6.45) is 0. The van der Waals surface area contributed by atoms with Gasteiger partial charge in [-0.3, -0.25) is 4.90 Å². The Bertz CT molecular complexity index is 497. The van der Waals surface area contributed by atoms with Gasteiger partial charge in [-0.1, -0.05) is 31.2 Å². The average Bonchev–Trinajstić information content (AvgIpc) is 2.41. The van der Waals surface area contributed by atoms with Crippen molar-refractivity contribution in [3.8, 4) is 0 Å². The van der Waals surface area contributed by atoms with E-state index in [9.17, 15) is 8.42 Å². The van der Waals surface area contributed by atoms with Crippen molar-refractivity contribution in [3.05, 3.63) is 35.4 Å². The number of sulfone groups is 1. The third-order valence-electron chi connectivity index (χ3n) is 3.75. The molecule has 4 nitrogen and oxygen atoms in total. The first-order valence-electron chi connectivity index (χ1n) is 6.72. The fraction of sp³-hybridized carbons (Fsp3) is 0.571. The monoisotopic (exact) mass is 282 g/mol. The summed E-state index contributed by atoms with van der Waals surface area (Å²) in [7, 11) is -2.78. The minimum Gasteiger partial charge on any atom is -0.330 e. The van der Waals surface area contributed by atoms with Crippen LogP contribution in [0.3, 0.4) is 0 Å². The fourth-order valence-corrected chi connectivity index (χ4v) is 3.53. The largest absolute Gasteiger partial charge is 0.330 e. The van der Waals surface area contributed by atoms with E-state index in [1.807, 2.05) is 0 Å². The highest BCUT2D eigenvalue weighted by molar-refractivity contribution is 7.91. The minimum atomic E-state index is -2.78. The Balaban J connectivity index is 1.93. The smallest absolute Gasteiger partial charge is 0.152 e. The van der Waals surface area contributed by atoms with Gasteiger partial charge in [0.05, 0.1) is 11.5 Å². The highest BCUT2D eigenvalue weighted by atomic mass is 32.2. The van der Waals surface area contributed by atoms with Crippen molar-refractivity contribution >= 4 is 9.84 Å². The van der Waals surface area contributed by atoms with Crippen LogP contribution < -0.4 is 5.73 Å². The van der Waals surface area contributed by atoms with Gasteiger partial charge in [-0.15, -0.1) is 0 Å². The van der Waals surface area contributed by atoms with Crippen LogP contribution in [0.5, 0.6) is 0 Å². The summed E-state index contributed by atoms with van der Waals surface area (Å²) in [4.78, 5) is 2.20. The van der Waals surface area contributed by atoms with Crippen LogP contribution in [0.1, 0.15) is 24.0 Å². The van der Waals surface area contributed by atoms with E-state index in [1.165, 1.54) is 11.1 Å². The minimum absolute atomic E-state index is 0.287. The van der Waals surface area contributed by atoms with Gasteiger partial charge in [0.2, 0.25) is 0 Å². The van der Waals surface area contributed by atoms with Crippen LogP contribution in [0, 0.1) is 0 Å². The fourth-order valence-electron chi connectivity index (χ4n) is 2.25. The van der Waals surface area contributed by atoms with Crippen molar-refractivity contribution in [2.75, 3.05) is 31.1 Å². The van der Waals surface area contributed by atoms with Crippen molar-refractivity contribution in [1.82, 2.24) is 4.90 Å². The molecular weight excluding hydrogens is 260 g/mol. The maximum atomic E-state index is 11.4. The normalized spacial score (nSPS) is 21.2. The topological polar surface area (TPSA) is 63.4 Å². The van der Waals surface area contributed by atoms with Crippen molar-refractivity contribution in [1.29, 1.82) is 0 Å². The third-order valence-corrected chi connectivity index (χ3v) is 5.35. The summed E-state index contributed by atoms with van der Waals surface area (Å²) in [6, 6.07) is 8.47. The Morgan fingerprint density at radius 1 is 1.21 bits per heavy atom. The lowest BCUT2D eigenvalue weighted by Gasteiger charge is -2.26. The SMILES string of the molecule is CC(CN)c1ccc(CN2CCS(=O)(=O)CC2)cc1. The number of hydrogen-bond donors (Lipinski definition) is 1. The maximum absolute atomic E-state index is 11.4. The second kappa shape index (κ2) is 6.03. The molecule has 1 unspecified atom stereocenters. The van der Waals surface area contributed by atoms with Crippen LogP contribution in [0.15, 0.2) is 24.3 Å². The van der Waals surface area contributed by atoms with E-state index in [-0.39, 0.29) is 11.5 Å². The molecule has 0 aromatic heterocycles. The Labute approximate surface area is 115 Å². The molecule has 19 heavy (non-hydrogen) atoms. The molecule has 1 atom stereocenters. The lowest BCUT2D eigenvalue weighted by atomic mass is 10.00. The molecule has 1 aliphatic heterocycles. The van der Waals surface area contributed by atoms with Gasteiger partial charge >= 0.3 is 0 Å². The van der Waals surface area contributed by atoms with Crippen LogP contribution >= 0.6 is 0 Å². The van der Waals surface area contributed by atoms with Gasteiger partial charge in [0, 0.05) is 19.6 Å². The average molecular weight is 282 g/mol. The van der Waals surface area contributed by atoms with Crippen molar-refractivity contribution in [3.63, 3.8) is 0 Å². The van der Waals surface area contributed by atoms with Gasteiger partial charge in [0.25, 0.3) is 0 Å². The molecule has 0 spiro atoms. The molecule has 1 heterocycles. The van der Waals surface area contributed by atoms with Crippen LogP contribution in [0.2, 0.25) is 0 Å². The van der Waals surface area contributed by atoms with Crippen LogP contribution in [0.4, 0.5) is 0 Å². The first kappa shape index (κ1) is 14.5. The number of rotatable bonds is 4. The highest BCUT2D eigenvalue weighted by Crippen LogP contribution is 2.16. The van der Waals surface area contributed by atoms with E-state index in [0.717, 1.165) is 6.54 Å². The molecule has 0 amide bonds. The van der Waals surface area contributed by atoms with Crippen molar-refractivity contribution in [2.24, 2.45) is 5.73 Å². The maximum Gasteiger partial charge on any atom is 0.152 e. The summed E-state index contributed by atoms with van der Waals surface area (Å²) in [5.74, 6) is 0.957. The zero-order valence-corrected chi connectivity index (χ0v) is 12.2. The lowest BCUT2D eigenvalue weighted by molar-refractivity contribution is 0.287. The Morgan fingerprint density at radius 2 is 1.79 bits per heavy atom.